The fourth-order valence-corrected chi connectivity index (χ4v) is 5.66. The molecule has 1 N–H and O–H groups in total. The Balaban J connectivity index is 1.73. The minimum atomic E-state index is -0.391. The van der Waals surface area contributed by atoms with Gasteiger partial charge in [-0.15, -0.1) is 0 Å². The summed E-state index contributed by atoms with van der Waals surface area (Å²) >= 11 is 5.93. The van der Waals surface area contributed by atoms with Crippen LogP contribution in [0.15, 0.2) is 72.9 Å². The zero-order valence-electron chi connectivity index (χ0n) is 22.5. The van der Waals surface area contributed by atoms with Crippen LogP contribution in [0, 0.1) is 13.8 Å². The summed E-state index contributed by atoms with van der Waals surface area (Å²) in [5, 5.41) is 4.05. The number of hydrogen-bond acceptors (Lipinski definition) is 6. The van der Waals surface area contributed by atoms with Gasteiger partial charge in [0.15, 0.2) is 5.11 Å². The first-order valence-electron chi connectivity index (χ1n) is 12.5. The van der Waals surface area contributed by atoms with Crippen molar-refractivity contribution in [2.45, 2.75) is 25.9 Å². The summed E-state index contributed by atoms with van der Waals surface area (Å²) in [4.78, 5) is 19.4. The van der Waals surface area contributed by atoms with Crippen molar-refractivity contribution in [2.75, 3.05) is 26.2 Å². The number of carbonyl (C=O) groups is 1. The molecule has 0 spiro atoms. The Kier molecular flexibility index (Phi) is 7.26. The van der Waals surface area contributed by atoms with E-state index in [0.717, 1.165) is 34.0 Å². The monoisotopic (exact) mass is 542 g/mol. The molecule has 2 atom stereocenters. The number of thiocarbonyl (C=S) groups is 1. The highest BCUT2D eigenvalue weighted by atomic mass is 32.1. The van der Waals surface area contributed by atoms with Crippen LogP contribution < -0.4 is 19.7 Å². The van der Waals surface area contributed by atoms with E-state index in [1.54, 1.807) is 26.5 Å². The van der Waals surface area contributed by atoms with E-state index < -0.39 is 5.97 Å². The summed E-state index contributed by atoms with van der Waals surface area (Å²) in [6, 6.07) is 20.6. The van der Waals surface area contributed by atoms with Gasteiger partial charge in [0.1, 0.15) is 11.5 Å². The maximum atomic E-state index is 12.6. The summed E-state index contributed by atoms with van der Waals surface area (Å²) in [6.45, 7) is 4.08. The van der Waals surface area contributed by atoms with Crippen molar-refractivity contribution in [1.29, 1.82) is 0 Å². The molecular weight excluding hydrogens is 512 g/mol. The number of pyridine rings is 1. The highest BCUT2D eigenvalue weighted by Crippen LogP contribution is 2.47. The molecule has 0 aliphatic carbocycles. The zero-order valence-corrected chi connectivity index (χ0v) is 23.3. The number of carbonyl (C=O) groups excluding carboxylic acids is 1. The third-order valence-corrected chi connectivity index (χ3v) is 7.40. The van der Waals surface area contributed by atoms with Gasteiger partial charge in [-0.25, -0.2) is 4.79 Å². The lowest BCUT2D eigenvalue weighted by molar-refractivity contribution is 0.0600. The van der Waals surface area contributed by atoms with Crippen molar-refractivity contribution in [3.8, 4) is 17.2 Å². The van der Waals surface area contributed by atoms with Crippen molar-refractivity contribution >= 4 is 29.0 Å². The van der Waals surface area contributed by atoms with Gasteiger partial charge in [-0.1, -0.05) is 18.2 Å². The lowest BCUT2D eigenvalue weighted by Gasteiger charge is -2.29. The van der Waals surface area contributed by atoms with E-state index in [1.165, 1.54) is 7.11 Å². The van der Waals surface area contributed by atoms with Gasteiger partial charge in [-0.3, -0.25) is 4.98 Å². The Morgan fingerprint density at radius 1 is 0.949 bits per heavy atom. The Morgan fingerprint density at radius 3 is 2.41 bits per heavy atom. The van der Waals surface area contributed by atoms with E-state index in [-0.39, 0.29) is 12.1 Å². The third kappa shape index (κ3) is 4.59. The second-order valence-electron chi connectivity index (χ2n) is 9.20. The average molecular weight is 543 g/mol. The normalized spacial score (nSPS) is 16.6. The lowest BCUT2D eigenvalue weighted by Crippen LogP contribution is -2.30. The van der Waals surface area contributed by atoms with Crippen LogP contribution in [0.2, 0.25) is 0 Å². The third-order valence-electron chi connectivity index (χ3n) is 7.08. The lowest BCUT2D eigenvalue weighted by atomic mass is 9.96. The molecule has 8 nitrogen and oxygen atoms in total. The Labute approximate surface area is 233 Å². The number of ether oxygens (including phenoxy) is 3. The standard InChI is InChI=1S/C30H30N4O4S/c1-18-16-22(19(2)33(18)24-12-7-6-10-21(24)29(35)38-5)28-27(23-11-8-9-15-31-23)32-30(39)34(28)25-17-20(36-3)13-14-26(25)37-4/h6-17,27-28H,1-5H3,(H,32,39). The van der Waals surface area contributed by atoms with E-state index in [0.29, 0.717) is 22.2 Å². The molecule has 9 heteroatoms. The van der Waals surface area contributed by atoms with Gasteiger partial charge in [-0.05, 0) is 74.1 Å². The number of aryl methyl sites for hydroxylation is 1. The summed E-state index contributed by atoms with van der Waals surface area (Å²) in [6.07, 6.45) is 1.78. The first-order valence-corrected chi connectivity index (χ1v) is 12.9. The second-order valence-corrected chi connectivity index (χ2v) is 9.59. The Morgan fingerprint density at radius 2 is 1.72 bits per heavy atom. The minimum Gasteiger partial charge on any atom is -0.497 e. The molecule has 0 radical (unpaired) electrons. The maximum Gasteiger partial charge on any atom is 0.339 e. The van der Waals surface area contributed by atoms with Crippen LogP contribution in [0.1, 0.15) is 45.1 Å². The molecule has 1 aliphatic rings. The van der Waals surface area contributed by atoms with E-state index >= 15 is 0 Å². The van der Waals surface area contributed by atoms with Gasteiger partial charge in [0.05, 0.1) is 56.0 Å². The number of nitrogens with one attached hydrogen (secondary N) is 1. The SMILES string of the molecule is COC(=O)c1ccccc1-n1c(C)cc(C2C(c3ccccn3)NC(=S)N2c2cc(OC)ccc2OC)c1C. The Bertz CT molecular complexity index is 1540. The van der Waals surface area contributed by atoms with Crippen molar-refractivity contribution in [3.05, 3.63) is 101 Å². The van der Waals surface area contributed by atoms with Gasteiger partial charge in [0, 0.05) is 23.7 Å². The first kappa shape index (κ1) is 26.2. The molecule has 1 fully saturated rings. The molecule has 0 amide bonds. The summed E-state index contributed by atoms with van der Waals surface area (Å²) < 4.78 is 18.5. The number of hydrogen-bond donors (Lipinski definition) is 1. The van der Waals surface area contributed by atoms with Gasteiger partial charge in [0.2, 0.25) is 0 Å². The topological polar surface area (TPSA) is 77.9 Å². The first-order chi connectivity index (χ1) is 18.9. The van der Waals surface area contributed by atoms with Crippen molar-refractivity contribution in [3.63, 3.8) is 0 Å². The molecule has 1 aliphatic heterocycles. The van der Waals surface area contributed by atoms with E-state index in [2.05, 4.69) is 25.8 Å². The highest BCUT2D eigenvalue weighted by Gasteiger charge is 2.43. The number of esters is 1. The number of nitrogens with zero attached hydrogens (tertiary/aromatic N) is 3. The molecule has 2 aromatic carbocycles. The molecule has 200 valence electrons. The second kappa shape index (κ2) is 10.8. The van der Waals surface area contributed by atoms with Crippen LogP contribution in [-0.4, -0.2) is 42.0 Å². The van der Waals surface area contributed by atoms with Crippen molar-refractivity contribution in [1.82, 2.24) is 14.9 Å². The molecule has 5 rings (SSSR count). The fourth-order valence-electron chi connectivity index (χ4n) is 5.32. The molecule has 0 saturated carbocycles. The van der Waals surface area contributed by atoms with Crippen LogP contribution in [0.4, 0.5) is 5.69 Å². The molecule has 2 unspecified atom stereocenters. The van der Waals surface area contributed by atoms with Gasteiger partial charge in [0.25, 0.3) is 0 Å². The minimum absolute atomic E-state index is 0.251. The van der Waals surface area contributed by atoms with Crippen molar-refractivity contribution in [2.24, 2.45) is 0 Å². The summed E-state index contributed by atoms with van der Waals surface area (Å²) in [7, 11) is 4.66. The number of anilines is 1. The van der Waals surface area contributed by atoms with Crippen LogP contribution in [0.25, 0.3) is 5.69 Å². The van der Waals surface area contributed by atoms with Gasteiger partial charge < -0.3 is 29.0 Å². The number of aromatic nitrogens is 2. The molecule has 39 heavy (non-hydrogen) atoms. The molecule has 1 saturated heterocycles. The van der Waals surface area contributed by atoms with E-state index in [1.807, 2.05) is 68.4 Å². The maximum absolute atomic E-state index is 12.6. The van der Waals surface area contributed by atoms with Gasteiger partial charge >= 0.3 is 5.97 Å². The predicted molar refractivity (Wildman–Crippen MR) is 154 cm³/mol. The average Bonchev–Trinajstić information content (AvgIpc) is 3.46. The molecular formula is C30H30N4O4S. The molecule has 3 heterocycles. The van der Waals surface area contributed by atoms with Crippen LogP contribution in [-0.2, 0) is 4.74 Å². The summed E-state index contributed by atoms with van der Waals surface area (Å²) in [5.74, 6) is 0.958. The molecule has 0 bridgehead atoms. The molecule has 4 aromatic rings. The quantitative estimate of drug-likeness (QED) is 0.243. The van der Waals surface area contributed by atoms with Gasteiger partial charge in [-0.2, -0.15) is 0 Å². The Hall–Kier alpha value is -4.37. The van der Waals surface area contributed by atoms with Crippen LogP contribution in [0.5, 0.6) is 11.5 Å². The smallest absolute Gasteiger partial charge is 0.339 e. The van der Waals surface area contributed by atoms with Crippen LogP contribution >= 0.6 is 12.2 Å². The number of benzene rings is 2. The van der Waals surface area contributed by atoms with E-state index in [4.69, 9.17) is 26.4 Å². The van der Waals surface area contributed by atoms with Crippen molar-refractivity contribution < 1.29 is 19.0 Å². The number of para-hydroxylation sites is 1. The highest BCUT2D eigenvalue weighted by molar-refractivity contribution is 7.80. The predicted octanol–water partition coefficient (Wildman–Crippen LogP) is 5.47. The van der Waals surface area contributed by atoms with E-state index in [9.17, 15) is 4.79 Å². The largest absolute Gasteiger partial charge is 0.497 e. The van der Waals surface area contributed by atoms with Crippen LogP contribution in [0.3, 0.4) is 0 Å². The number of rotatable bonds is 7. The number of methoxy groups -OCH3 is 3. The fraction of sp³-hybridized carbons (Fsp3) is 0.233. The zero-order chi connectivity index (χ0) is 27.7. The summed E-state index contributed by atoms with van der Waals surface area (Å²) in [5.41, 5.74) is 5.83. The molecule has 2 aromatic heterocycles.